The van der Waals surface area contributed by atoms with E-state index in [1.165, 1.54) is 24.3 Å². The molecule has 1 aromatic heterocycles. The number of anilines is 1. The zero-order chi connectivity index (χ0) is 14.5. The van der Waals surface area contributed by atoms with E-state index in [9.17, 15) is 9.18 Å². The maximum Gasteiger partial charge on any atom is 0.256 e. The topological polar surface area (TPSA) is 81.2 Å². The lowest BCUT2D eigenvalue weighted by Gasteiger charge is -2.02. The highest BCUT2D eigenvalue weighted by Crippen LogP contribution is 2.28. The van der Waals surface area contributed by atoms with Crippen LogP contribution in [0.1, 0.15) is 16.8 Å². The van der Waals surface area contributed by atoms with Gasteiger partial charge in [0.1, 0.15) is 17.1 Å². The number of benzene rings is 1. The number of nitrogens with one attached hydrogen (secondary N) is 1. The van der Waals surface area contributed by atoms with Gasteiger partial charge in [-0.3, -0.25) is 4.79 Å². The molecule has 2 aromatic rings. The van der Waals surface area contributed by atoms with Crippen molar-refractivity contribution in [3.8, 4) is 11.3 Å². The van der Waals surface area contributed by atoms with Crippen LogP contribution in [0.25, 0.3) is 11.3 Å². The zero-order valence-corrected chi connectivity index (χ0v) is 11.3. The molecule has 1 heterocycles. The molecular formula is C13H13ClFN3O2. The quantitative estimate of drug-likeness (QED) is 0.634. The van der Waals surface area contributed by atoms with Gasteiger partial charge in [-0.15, -0.1) is 11.6 Å². The molecule has 20 heavy (non-hydrogen) atoms. The number of alkyl halides is 1. The molecule has 0 aliphatic carbocycles. The molecule has 0 radical (unpaired) electrons. The molecule has 3 N–H and O–H groups in total. The average Bonchev–Trinajstić information content (AvgIpc) is 2.84. The predicted octanol–water partition coefficient (Wildman–Crippen LogP) is 2.62. The Morgan fingerprint density at radius 2 is 2.10 bits per heavy atom. The van der Waals surface area contributed by atoms with E-state index < -0.39 is 5.91 Å². The van der Waals surface area contributed by atoms with Crippen LogP contribution in [0.2, 0.25) is 0 Å². The van der Waals surface area contributed by atoms with E-state index in [1.807, 2.05) is 0 Å². The van der Waals surface area contributed by atoms with Crippen LogP contribution in [-0.2, 0) is 0 Å². The number of nitrogens with zero attached hydrogens (tertiary/aromatic N) is 1. The number of amides is 1. The summed E-state index contributed by atoms with van der Waals surface area (Å²) in [5.74, 6) is -0.364. The second-order valence-electron chi connectivity index (χ2n) is 4.08. The van der Waals surface area contributed by atoms with Gasteiger partial charge in [-0.05, 0) is 30.7 Å². The van der Waals surface area contributed by atoms with Crippen molar-refractivity contribution in [3.63, 3.8) is 0 Å². The highest BCUT2D eigenvalue weighted by Gasteiger charge is 2.21. The Morgan fingerprint density at radius 1 is 1.40 bits per heavy atom. The van der Waals surface area contributed by atoms with Crippen LogP contribution >= 0.6 is 11.6 Å². The van der Waals surface area contributed by atoms with Gasteiger partial charge in [-0.25, -0.2) is 4.39 Å². The van der Waals surface area contributed by atoms with Gasteiger partial charge in [0.25, 0.3) is 5.91 Å². The lowest BCUT2D eigenvalue weighted by molar-refractivity contribution is 0.100. The van der Waals surface area contributed by atoms with Crippen molar-refractivity contribution in [2.45, 2.75) is 6.42 Å². The number of hydrogen-bond acceptors (Lipinski definition) is 4. The Bertz CT molecular complexity index is 598. The summed E-state index contributed by atoms with van der Waals surface area (Å²) in [6.45, 7) is 0.530. The second-order valence-corrected chi connectivity index (χ2v) is 4.45. The number of primary amides is 1. The molecule has 1 amide bonds. The highest BCUT2D eigenvalue weighted by molar-refractivity contribution is 6.17. The van der Waals surface area contributed by atoms with Crippen LogP contribution in [0.15, 0.2) is 28.8 Å². The molecule has 0 bridgehead atoms. The molecular weight excluding hydrogens is 285 g/mol. The molecule has 5 nitrogen and oxygen atoms in total. The van der Waals surface area contributed by atoms with E-state index in [2.05, 4.69) is 10.5 Å². The number of carbonyl (C=O) groups excluding carboxylic acids is 1. The van der Waals surface area contributed by atoms with E-state index in [-0.39, 0.29) is 23.0 Å². The molecule has 1 aromatic carbocycles. The van der Waals surface area contributed by atoms with Crippen LogP contribution in [-0.4, -0.2) is 23.5 Å². The van der Waals surface area contributed by atoms with Crippen molar-refractivity contribution >= 4 is 23.4 Å². The molecule has 0 aliphatic heterocycles. The van der Waals surface area contributed by atoms with E-state index in [0.717, 1.165) is 0 Å². The first-order valence-corrected chi connectivity index (χ1v) is 6.52. The number of aromatic nitrogens is 1. The van der Waals surface area contributed by atoms with E-state index in [0.29, 0.717) is 24.4 Å². The third-order valence-electron chi connectivity index (χ3n) is 2.65. The fraction of sp³-hybridized carbons (Fsp3) is 0.231. The maximum atomic E-state index is 12.9. The van der Waals surface area contributed by atoms with Gasteiger partial charge >= 0.3 is 0 Å². The summed E-state index contributed by atoms with van der Waals surface area (Å²) >= 11 is 5.57. The minimum absolute atomic E-state index is 0.145. The SMILES string of the molecule is NC(=O)c1c(-c2ccc(F)cc2)noc1NCCCCl. The minimum atomic E-state index is -0.668. The molecule has 0 fully saturated rings. The predicted molar refractivity (Wildman–Crippen MR) is 74.2 cm³/mol. The Balaban J connectivity index is 2.33. The zero-order valence-electron chi connectivity index (χ0n) is 10.5. The van der Waals surface area contributed by atoms with Crippen molar-refractivity contribution in [1.82, 2.24) is 5.16 Å². The first-order valence-electron chi connectivity index (χ1n) is 5.98. The lowest BCUT2D eigenvalue weighted by Crippen LogP contribution is -2.14. The number of halogens is 2. The van der Waals surface area contributed by atoms with Gasteiger partial charge in [0, 0.05) is 18.0 Å². The fourth-order valence-corrected chi connectivity index (χ4v) is 1.85. The van der Waals surface area contributed by atoms with Crippen LogP contribution in [0.4, 0.5) is 10.3 Å². The summed E-state index contributed by atoms with van der Waals surface area (Å²) in [4.78, 5) is 11.6. The van der Waals surface area contributed by atoms with Gasteiger partial charge in [0.2, 0.25) is 5.88 Å². The maximum absolute atomic E-state index is 12.9. The molecule has 2 rings (SSSR count). The summed E-state index contributed by atoms with van der Waals surface area (Å²) in [7, 11) is 0. The molecule has 0 saturated carbocycles. The van der Waals surface area contributed by atoms with E-state index >= 15 is 0 Å². The smallest absolute Gasteiger partial charge is 0.256 e. The summed E-state index contributed by atoms with van der Waals surface area (Å²) in [6, 6.07) is 5.55. The van der Waals surface area contributed by atoms with Crippen molar-refractivity contribution in [2.75, 3.05) is 17.7 Å². The average molecular weight is 298 g/mol. The Morgan fingerprint density at radius 3 is 2.70 bits per heavy atom. The van der Waals surface area contributed by atoms with Crippen LogP contribution < -0.4 is 11.1 Å². The highest BCUT2D eigenvalue weighted by atomic mass is 35.5. The summed E-state index contributed by atoms with van der Waals surface area (Å²) in [6.07, 6.45) is 0.701. The molecule has 0 atom stereocenters. The monoisotopic (exact) mass is 297 g/mol. The number of hydrogen-bond donors (Lipinski definition) is 2. The van der Waals surface area contributed by atoms with Crippen molar-refractivity contribution < 1.29 is 13.7 Å². The minimum Gasteiger partial charge on any atom is -0.365 e. The molecule has 0 spiro atoms. The standard InChI is InChI=1S/C13H13ClFN3O2/c14-6-1-7-17-13-10(12(16)19)11(18-20-13)8-2-4-9(15)5-3-8/h2-5,17H,1,6-7H2,(H2,16,19). The molecule has 0 saturated heterocycles. The number of rotatable bonds is 6. The third kappa shape index (κ3) is 3.08. The second kappa shape index (κ2) is 6.38. The van der Waals surface area contributed by atoms with Gasteiger partial charge in [0.05, 0.1) is 0 Å². The molecule has 0 unspecified atom stereocenters. The first kappa shape index (κ1) is 14.3. The van der Waals surface area contributed by atoms with Gasteiger partial charge < -0.3 is 15.6 Å². The number of nitrogens with two attached hydrogens (primary N) is 1. The Kier molecular flexibility index (Phi) is 4.57. The lowest BCUT2D eigenvalue weighted by atomic mass is 10.1. The van der Waals surface area contributed by atoms with Crippen molar-refractivity contribution in [1.29, 1.82) is 0 Å². The van der Waals surface area contributed by atoms with Crippen LogP contribution in [0.3, 0.4) is 0 Å². The van der Waals surface area contributed by atoms with Gasteiger partial charge in [0.15, 0.2) is 0 Å². The van der Waals surface area contributed by atoms with Gasteiger partial charge in [-0.2, -0.15) is 0 Å². The Hall–Kier alpha value is -2.08. The summed E-state index contributed by atoms with van der Waals surface area (Å²) in [5, 5.41) is 6.73. The first-order chi connectivity index (χ1) is 9.63. The van der Waals surface area contributed by atoms with E-state index in [4.69, 9.17) is 21.9 Å². The molecule has 0 aliphatic rings. The van der Waals surface area contributed by atoms with Crippen molar-refractivity contribution in [2.24, 2.45) is 5.73 Å². The normalized spacial score (nSPS) is 10.5. The van der Waals surface area contributed by atoms with Crippen LogP contribution in [0, 0.1) is 5.82 Å². The molecule has 106 valence electrons. The fourth-order valence-electron chi connectivity index (χ4n) is 1.71. The number of carbonyl (C=O) groups is 1. The molecule has 7 heteroatoms. The Labute approximate surface area is 119 Å². The van der Waals surface area contributed by atoms with Crippen molar-refractivity contribution in [3.05, 3.63) is 35.6 Å². The largest absolute Gasteiger partial charge is 0.365 e. The van der Waals surface area contributed by atoms with Gasteiger partial charge in [-0.1, -0.05) is 5.16 Å². The summed E-state index contributed by atoms with van der Waals surface area (Å²) in [5.41, 5.74) is 6.33. The summed E-state index contributed by atoms with van der Waals surface area (Å²) < 4.78 is 18.0. The van der Waals surface area contributed by atoms with E-state index in [1.54, 1.807) is 0 Å². The third-order valence-corrected chi connectivity index (χ3v) is 2.92. The van der Waals surface area contributed by atoms with Crippen LogP contribution in [0.5, 0.6) is 0 Å².